The first-order valence-electron chi connectivity index (χ1n) is 9.79. The summed E-state index contributed by atoms with van der Waals surface area (Å²) in [6, 6.07) is 14.0. The van der Waals surface area contributed by atoms with Crippen LogP contribution in [0, 0.1) is 12.8 Å². The molecule has 0 fully saturated rings. The minimum Gasteiger partial charge on any atom is -0.454 e. The van der Waals surface area contributed by atoms with E-state index in [1.807, 2.05) is 57.2 Å². The van der Waals surface area contributed by atoms with Crippen LogP contribution in [-0.4, -0.2) is 37.0 Å². The Morgan fingerprint density at radius 2 is 1.76 bits per heavy atom. The first-order valence-corrected chi connectivity index (χ1v) is 9.79. The fourth-order valence-corrected chi connectivity index (χ4v) is 3.33. The van der Waals surface area contributed by atoms with Crippen LogP contribution in [0.1, 0.15) is 35.3 Å². The van der Waals surface area contributed by atoms with Crippen molar-refractivity contribution in [2.45, 2.75) is 33.2 Å². The number of para-hydroxylation sites is 1. The maximum absolute atomic E-state index is 12.6. The van der Waals surface area contributed by atoms with Gasteiger partial charge in [0, 0.05) is 17.8 Å². The maximum Gasteiger partial charge on any atom is 0.329 e. The zero-order valence-corrected chi connectivity index (χ0v) is 17.0. The van der Waals surface area contributed by atoms with Gasteiger partial charge in [0.05, 0.1) is 0 Å². The number of hydrogen-bond donors (Lipinski definition) is 1. The molecule has 152 valence electrons. The van der Waals surface area contributed by atoms with Crippen molar-refractivity contribution in [1.29, 1.82) is 0 Å². The Morgan fingerprint density at radius 1 is 1.07 bits per heavy atom. The summed E-state index contributed by atoms with van der Waals surface area (Å²) in [4.78, 5) is 39.2. The van der Waals surface area contributed by atoms with E-state index in [1.165, 1.54) is 0 Å². The Kier molecular flexibility index (Phi) is 6.32. The van der Waals surface area contributed by atoms with E-state index in [2.05, 4.69) is 5.32 Å². The number of esters is 1. The second kappa shape index (κ2) is 8.90. The molecule has 2 aromatic rings. The summed E-state index contributed by atoms with van der Waals surface area (Å²) in [5.74, 6) is -1.41. The molecule has 0 aliphatic carbocycles. The van der Waals surface area contributed by atoms with Gasteiger partial charge in [-0.2, -0.15) is 0 Å². The molecule has 0 bridgehead atoms. The van der Waals surface area contributed by atoms with E-state index in [9.17, 15) is 14.4 Å². The molecule has 1 aliphatic rings. The number of nitrogens with zero attached hydrogens (tertiary/aromatic N) is 1. The minimum absolute atomic E-state index is 0.181. The number of aryl methyl sites for hydroxylation is 1. The molecule has 0 aromatic heterocycles. The van der Waals surface area contributed by atoms with Crippen LogP contribution in [0.2, 0.25) is 0 Å². The number of benzene rings is 2. The number of ether oxygens (including phenoxy) is 1. The fraction of sp³-hybridized carbons (Fsp3) is 0.348. The summed E-state index contributed by atoms with van der Waals surface area (Å²) < 4.78 is 5.27. The molecule has 3 rings (SSSR count). The van der Waals surface area contributed by atoms with Crippen LogP contribution in [0.4, 0.5) is 5.69 Å². The molecule has 6 heteroatoms. The number of carbonyl (C=O) groups is 3. The van der Waals surface area contributed by atoms with Gasteiger partial charge in [-0.3, -0.25) is 9.59 Å². The van der Waals surface area contributed by atoms with Crippen LogP contribution in [0.5, 0.6) is 0 Å². The third kappa shape index (κ3) is 4.83. The molecule has 1 aliphatic heterocycles. The smallest absolute Gasteiger partial charge is 0.329 e. The van der Waals surface area contributed by atoms with Crippen LogP contribution in [-0.2, 0) is 20.7 Å². The van der Waals surface area contributed by atoms with Crippen molar-refractivity contribution in [3.05, 3.63) is 65.2 Å². The maximum atomic E-state index is 12.6. The zero-order valence-electron chi connectivity index (χ0n) is 17.0. The molecule has 1 heterocycles. The molecule has 0 spiro atoms. The van der Waals surface area contributed by atoms with E-state index in [0.717, 1.165) is 23.2 Å². The zero-order chi connectivity index (χ0) is 21.0. The molecule has 1 unspecified atom stereocenters. The van der Waals surface area contributed by atoms with E-state index in [-0.39, 0.29) is 24.3 Å². The third-order valence-electron chi connectivity index (χ3n) is 5.05. The Labute approximate surface area is 170 Å². The average Bonchev–Trinajstić information content (AvgIpc) is 3.14. The minimum atomic E-state index is -0.831. The molecule has 1 atom stereocenters. The van der Waals surface area contributed by atoms with Gasteiger partial charge in [-0.25, -0.2) is 4.79 Å². The second-order valence-corrected chi connectivity index (χ2v) is 7.59. The van der Waals surface area contributed by atoms with Gasteiger partial charge in [-0.1, -0.05) is 49.7 Å². The van der Waals surface area contributed by atoms with Gasteiger partial charge < -0.3 is 15.0 Å². The SMILES string of the molecule is Cc1ccc(C(=O)NC(C(=O)OCC(=O)N2CCc3ccccc32)C(C)C)cc1. The van der Waals surface area contributed by atoms with E-state index >= 15 is 0 Å². The summed E-state index contributed by atoms with van der Waals surface area (Å²) in [5, 5.41) is 2.72. The van der Waals surface area contributed by atoms with Crippen LogP contribution in [0.15, 0.2) is 48.5 Å². The second-order valence-electron chi connectivity index (χ2n) is 7.59. The van der Waals surface area contributed by atoms with Gasteiger partial charge in [-0.05, 0) is 43.0 Å². The normalized spacial score (nSPS) is 13.7. The van der Waals surface area contributed by atoms with Crippen molar-refractivity contribution in [2.24, 2.45) is 5.92 Å². The summed E-state index contributed by atoms with van der Waals surface area (Å²) in [6.45, 7) is 5.80. The van der Waals surface area contributed by atoms with Gasteiger partial charge in [0.25, 0.3) is 11.8 Å². The van der Waals surface area contributed by atoms with Crippen molar-refractivity contribution in [1.82, 2.24) is 5.32 Å². The van der Waals surface area contributed by atoms with Gasteiger partial charge in [0.1, 0.15) is 6.04 Å². The highest BCUT2D eigenvalue weighted by molar-refractivity contribution is 5.99. The number of amides is 2. The lowest BCUT2D eigenvalue weighted by Gasteiger charge is -2.22. The van der Waals surface area contributed by atoms with E-state index in [0.29, 0.717) is 12.1 Å². The topological polar surface area (TPSA) is 75.7 Å². The highest BCUT2D eigenvalue weighted by atomic mass is 16.5. The fourth-order valence-electron chi connectivity index (χ4n) is 3.33. The molecule has 0 saturated heterocycles. The molecule has 2 aromatic carbocycles. The largest absolute Gasteiger partial charge is 0.454 e. The number of rotatable bonds is 6. The average molecular weight is 394 g/mol. The van der Waals surface area contributed by atoms with Crippen molar-refractivity contribution in [3.63, 3.8) is 0 Å². The van der Waals surface area contributed by atoms with E-state index in [1.54, 1.807) is 17.0 Å². The molecule has 29 heavy (non-hydrogen) atoms. The molecule has 0 saturated carbocycles. The van der Waals surface area contributed by atoms with Gasteiger partial charge in [0.15, 0.2) is 6.61 Å². The Balaban J connectivity index is 1.59. The van der Waals surface area contributed by atoms with Crippen molar-refractivity contribution >= 4 is 23.5 Å². The number of nitrogens with one attached hydrogen (secondary N) is 1. The number of anilines is 1. The van der Waals surface area contributed by atoms with E-state index in [4.69, 9.17) is 4.74 Å². The van der Waals surface area contributed by atoms with Crippen LogP contribution in [0.3, 0.4) is 0 Å². The first-order chi connectivity index (χ1) is 13.9. The van der Waals surface area contributed by atoms with Gasteiger partial charge in [0.2, 0.25) is 0 Å². The molecule has 2 amide bonds. The molecule has 0 radical (unpaired) electrons. The Bertz CT molecular complexity index is 905. The monoisotopic (exact) mass is 394 g/mol. The van der Waals surface area contributed by atoms with Gasteiger partial charge >= 0.3 is 5.97 Å². The molecular formula is C23H26N2O4. The van der Waals surface area contributed by atoms with Crippen molar-refractivity contribution in [3.8, 4) is 0 Å². The predicted octanol–water partition coefficient (Wildman–Crippen LogP) is 2.88. The van der Waals surface area contributed by atoms with Crippen LogP contribution in [0.25, 0.3) is 0 Å². The number of carbonyl (C=O) groups excluding carboxylic acids is 3. The lowest BCUT2D eigenvalue weighted by Crippen LogP contribution is -2.46. The lowest BCUT2D eigenvalue weighted by atomic mass is 10.0. The van der Waals surface area contributed by atoms with Crippen LogP contribution >= 0.6 is 0 Å². The summed E-state index contributed by atoms with van der Waals surface area (Å²) >= 11 is 0. The Hall–Kier alpha value is -3.15. The number of fused-ring (bicyclic) bond motifs is 1. The molecule has 6 nitrogen and oxygen atoms in total. The number of hydrogen-bond acceptors (Lipinski definition) is 4. The van der Waals surface area contributed by atoms with Crippen LogP contribution < -0.4 is 10.2 Å². The summed E-state index contributed by atoms with van der Waals surface area (Å²) in [6.07, 6.45) is 0.789. The molecular weight excluding hydrogens is 368 g/mol. The lowest BCUT2D eigenvalue weighted by molar-refractivity contribution is -0.150. The Morgan fingerprint density at radius 3 is 2.45 bits per heavy atom. The highest BCUT2D eigenvalue weighted by Crippen LogP contribution is 2.27. The summed E-state index contributed by atoms with van der Waals surface area (Å²) in [5.41, 5.74) is 3.49. The predicted molar refractivity (Wildman–Crippen MR) is 111 cm³/mol. The quantitative estimate of drug-likeness (QED) is 0.765. The molecule has 1 N–H and O–H groups in total. The standard InChI is InChI=1S/C23H26N2O4/c1-15(2)21(24-22(27)18-10-8-16(3)9-11-18)23(28)29-14-20(26)25-13-12-17-6-4-5-7-19(17)25/h4-11,15,21H,12-14H2,1-3H3,(H,24,27). The first kappa shape index (κ1) is 20.6. The summed E-state index contributed by atoms with van der Waals surface area (Å²) in [7, 11) is 0. The van der Waals surface area contributed by atoms with E-state index < -0.39 is 12.0 Å². The van der Waals surface area contributed by atoms with Crippen molar-refractivity contribution in [2.75, 3.05) is 18.1 Å². The van der Waals surface area contributed by atoms with Gasteiger partial charge in [-0.15, -0.1) is 0 Å². The third-order valence-corrected chi connectivity index (χ3v) is 5.05. The highest BCUT2D eigenvalue weighted by Gasteiger charge is 2.29. The van der Waals surface area contributed by atoms with Crippen molar-refractivity contribution < 1.29 is 19.1 Å².